The number of aromatic nitrogens is 2. The van der Waals surface area contributed by atoms with Crippen molar-refractivity contribution in [2.45, 2.75) is 26.2 Å². The van der Waals surface area contributed by atoms with Crippen LogP contribution in [0.15, 0.2) is 67.0 Å². The number of benzene rings is 3. The first-order valence-corrected chi connectivity index (χ1v) is 10.9. The Labute approximate surface area is 199 Å². The molecule has 0 unspecified atom stereocenters. The zero-order valence-corrected chi connectivity index (χ0v) is 20.0. The number of nitrogens with one attached hydrogen (secondary N) is 2. The smallest absolute Gasteiger partial charge is 0.255 e. The van der Waals surface area contributed by atoms with Crippen molar-refractivity contribution < 1.29 is 14.3 Å². The Kier molecular flexibility index (Phi) is 6.36. The molecule has 0 fully saturated rings. The Morgan fingerprint density at radius 1 is 0.824 bits per heavy atom. The van der Waals surface area contributed by atoms with Crippen LogP contribution in [0.5, 0.6) is 11.5 Å². The summed E-state index contributed by atoms with van der Waals surface area (Å²) in [6, 6.07) is 18.8. The maximum atomic E-state index is 12.6. The van der Waals surface area contributed by atoms with E-state index in [-0.39, 0.29) is 11.3 Å². The minimum absolute atomic E-state index is 0.0457. The molecule has 0 aliphatic rings. The lowest BCUT2D eigenvalue weighted by Crippen LogP contribution is -2.14. The summed E-state index contributed by atoms with van der Waals surface area (Å²) >= 11 is 0. The van der Waals surface area contributed by atoms with Gasteiger partial charge in [0.25, 0.3) is 5.91 Å². The summed E-state index contributed by atoms with van der Waals surface area (Å²) in [5.74, 6) is 1.69. The molecule has 34 heavy (non-hydrogen) atoms. The van der Waals surface area contributed by atoms with Crippen molar-refractivity contribution in [2.75, 3.05) is 24.9 Å². The van der Waals surface area contributed by atoms with Crippen LogP contribution >= 0.6 is 0 Å². The van der Waals surface area contributed by atoms with Gasteiger partial charge in [-0.1, -0.05) is 32.9 Å². The first kappa shape index (κ1) is 23.0. The number of nitrogens with zero attached hydrogens (tertiary/aromatic N) is 2. The standard InChI is InChI=1S/C27H28N4O3/c1-27(2,3)18-8-6-17(7-9-18)26(32)31-20-12-10-19(11-13-20)30-25-21-14-23(33-4)24(34-5)15-22(21)28-16-29-25/h6-16H,1-5H3,(H,31,32)(H,28,29,30). The number of ether oxygens (including phenoxy) is 2. The molecule has 7 nitrogen and oxygen atoms in total. The van der Waals surface area contributed by atoms with Crippen molar-refractivity contribution >= 4 is 34.0 Å². The number of rotatable bonds is 6. The van der Waals surface area contributed by atoms with Crippen LogP contribution in [-0.4, -0.2) is 30.1 Å². The second-order valence-electron chi connectivity index (χ2n) is 8.93. The average Bonchev–Trinajstić information content (AvgIpc) is 2.84. The summed E-state index contributed by atoms with van der Waals surface area (Å²) in [4.78, 5) is 21.4. The van der Waals surface area contributed by atoms with Crippen LogP contribution in [0.3, 0.4) is 0 Å². The van der Waals surface area contributed by atoms with E-state index >= 15 is 0 Å². The van der Waals surface area contributed by atoms with E-state index in [1.807, 2.05) is 60.7 Å². The number of methoxy groups -OCH3 is 2. The van der Waals surface area contributed by atoms with Crippen molar-refractivity contribution in [3.63, 3.8) is 0 Å². The van der Waals surface area contributed by atoms with Gasteiger partial charge in [-0.2, -0.15) is 0 Å². The average molecular weight is 457 g/mol. The quantitative estimate of drug-likeness (QED) is 0.373. The first-order chi connectivity index (χ1) is 16.3. The van der Waals surface area contributed by atoms with Gasteiger partial charge < -0.3 is 20.1 Å². The molecule has 0 aliphatic heterocycles. The third-order valence-corrected chi connectivity index (χ3v) is 5.56. The molecule has 7 heteroatoms. The molecule has 0 saturated heterocycles. The summed E-state index contributed by atoms with van der Waals surface area (Å²) in [6.45, 7) is 6.44. The van der Waals surface area contributed by atoms with Gasteiger partial charge in [0.15, 0.2) is 11.5 Å². The van der Waals surface area contributed by atoms with Crippen LogP contribution in [0.1, 0.15) is 36.7 Å². The lowest BCUT2D eigenvalue weighted by atomic mass is 9.87. The van der Waals surface area contributed by atoms with E-state index < -0.39 is 0 Å². The molecule has 0 radical (unpaired) electrons. The Morgan fingerprint density at radius 3 is 2.06 bits per heavy atom. The molecule has 3 aromatic carbocycles. The Bertz CT molecular complexity index is 1310. The van der Waals surface area contributed by atoms with E-state index in [9.17, 15) is 4.79 Å². The summed E-state index contributed by atoms with van der Waals surface area (Å²) in [5, 5.41) is 7.05. The number of carbonyl (C=O) groups excluding carboxylic acids is 1. The van der Waals surface area contributed by atoms with Gasteiger partial charge in [-0.25, -0.2) is 9.97 Å². The number of hydrogen-bond donors (Lipinski definition) is 2. The van der Waals surface area contributed by atoms with Gasteiger partial charge in [-0.3, -0.25) is 4.79 Å². The van der Waals surface area contributed by atoms with Crippen LogP contribution < -0.4 is 20.1 Å². The first-order valence-electron chi connectivity index (χ1n) is 10.9. The molecule has 2 N–H and O–H groups in total. The molecule has 4 rings (SSSR count). The summed E-state index contributed by atoms with van der Waals surface area (Å²) in [7, 11) is 3.18. The minimum Gasteiger partial charge on any atom is -0.493 e. The molecule has 174 valence electrons. The van der Waals surface area contributed by atoms with Gasteiger partial charge in [0, 0.05) is 28.4 Å². The van der Waals surface area contributed by atoms with Gasteiger partial charge in [-0.05, 0) is 53.4 Å². The third kappa shape index (κ3) is 4.93. The highest BCUT2D eigenvalue weighted by Gasteiger charge is 2.15. The van der Waals surface area contributed by atoms with Crippen LogP contribution in [-0.2, 0) is 5.41 Å². The maximum absolute atomic E-state index is 12.6. The van der Waals surface area contributed by atoms with Gasteiger partial charge in [0.2, 0.25) is 0 Å². The molecular weight excluding hydrogens is 428 g/mol. The highest BCUT2D eigenvalue weighted by Crippen LogP contribution is 2.34. The molecular formula is C27H28N4O3. The molecule has 4 aromatic rings. The molecule has 0 bridgehead atoms. The molecule has 1 amide bonds. The largest absolute Gasteiger partial charge is 0.493 e. The molecule has 0 aliphatic carbocycles. The second kappa shape index (κ2) is 9.39. The van der Waals surface area contributed by atoms with Gasteiger partial charge >= 0.3 is 0 Å². The minimum atomic E-state index is -0.149. The van der Waals surface area contributed by atoms with E-state index in [4.69, 9.17) is 9.47 Å². The maximum Gasteiger partial charge on any atom is 0.255 e. The topological polar surface area (TPSA) is 85.4 Å². The Balaban J connectivity index is 1.49. The Hall–Kier alpha value is -4.13. The van der Waals surface area contributed by atoms with Crippen LogP contribution in [0.2, 0.25) is 0 Å². The number of anilines is 3. The Morgan fingerprint density at radius 2 is 1.44 bits per heavy atom. The predicted octanol–water partition coefficient (Wildman–Crippen LogP) is 5.94. The lowest BCUT2D eigenvalue weighted by molar-refractivity contribution is 0.102. The van der Waals surface area contributed by atoms with Crippen molar-refractivity contribution in [1.82, 2.24) is 9.97 Å². The van der Waals surface area contributed by atoms with Crippen molar-refractivity contribution in [1.29, 1.82) is 0 Å². The lowest BCUT2D eigenvalue weighted by Gasteiger charge is -2.19. The van der Waals surface area contributed by atoms with Crippen LogP contribution in [0.4, 0.5) is 17.2 Å². The van der Waals surface area contributed by atoms with E-state index in [0.29, 0.717) is 28.6 Å². The van der Waals surface area contributed by atoms with E-state index in [1.54, 1.807) is 14.2 Å². The fourth-order valence-corrected chi connectivity index (χ4v) is 3.58. The normalized spacial score (nSPS) is 11.2. The summed E-state index contributed by atoms with van der Waals surface area (Å²) in [5.41, 5.74) is 4.11. The van der Waals surface area contributed by atoms with Gasteiger partial charge in [-0.15, -0.1) is 0 Å². The van der Waals surface area contributed by atoms with Gasteiger partial charge in [0.05, 0.1) is 19.7 Å². The fourth-order valence-electron chi connectivity index (χ4n) is 3.58. The van der Waals surface area contributed by atoms with E-state index in [2.05, 4.69) is 41.4 Å². The fraction of sp³-hybridized carbons (Fsp3) is 0.222. The summed E-state index contributed by atoms with van der Waals surface area (Å²) < 4.78 is 10.8. The summed E-state index contributed by atoms with van der Waals surface area (Å²) in [6.07, 6.45) is 1.50. The zero-order chi connectivity index (χ0) is 24.3. The highest BCUT2D eigenvalue weighted by molar-refractivity contribution is 6.04. The number of fused-ring (bicyclic) bond motifs is 1. The number of amides is 1. The molecule has 1 heterocycles. The van der Waals surface area contributed by atoms with Crippen LogP contribution in [0.25, 0.3) is 10.9 Å². The van der Waals surface area contributed by atoms with E-state index in [0.717, 1.165) is 16.6 Å². The van der Waals surface area contributed by atoms with Crippen molar-refractivity contribution in [3.05, 3.63) is 78.1 Å². The van der Waals surface area contributed by atoms with Gasteiger partial charge in [0.1, 0.15) is 12.1 Å². The monoisotopic (exact) mass is 456 g/mol. The third-order valence-electron chi connectivity index (χ3n) is 5.56. The predicted molar refractivity (Wildman–Crippen MR) is 135 cm³/mol. The molecule has 0 saturated carbocycles. The van der Waals surface area contributed by atoms with E-state index in [1.165, 1.54) is 11.9 Å². The van der Waals surface area contributed by atoms with Crippen molar-refractivity contribution in [2.24, 2.45) is 0 Å². The van der Waals surface area contributed by atoms with Crippen molar-refractivity contribution in [3.8, 4) is 11.5 Å². The molecule has 0 atom stereocenters. The van der Waals surface area contributed by atoms with Crippen LogP contribution in [0, 0.1) is 0 Å². The molecule has 0 spiro atoms. The zero-order valence-electron chi connectivity index (χ0n) is 20.0. The SMILES string of the molecule is COc1cc2ncnc(Nc3ccc(NC(=O)c4ccc(C(C)(C)C)cc4)cc3)c2cc1OC. The number of carbonyl (C=O) groups is 1. The number of hydrogen-bond acceptors (Lipinski definition) is 6. The second-order valence-corrected chi connectivity index (χ2v) is 8.93. The molecule has 1 aromatic heterocycles. The highest BCUT2D eigenvalue weighted by atomic mass is 16.5.